The molecule has 0 aliphatic heterocycles. The highest BCUT2D eigenvalue weighted by Gasteiger charge is 2.19. The van der Waals surface area contributed by atoms with Crippen molar-refractivity contribution in [2.45, 2.75) is 13.0 Å². The van der Waals surface area contributed by atoms with E-state index < -0.39 is 16.9 Å². The number of aliphatic hydroxyl groups is 1. The Kier molecular flexibility index (Phi) is 2.41. The molecule has 0 bridgehead atoms. The van der Waals surface area contributed by atoms with Crippen LogP contribution < -0.4 is 0 Å². The van der Waals surface area contributed by atoms with Crippen molar-refractivity contribution in [3.05, 3.63) is 28.1 Å². The molecule has 2 aromatic heterocycles. The second-order valence-corrected chi connectivity index (χ2v) is 3.03. The molecule has 16 heavy (non-hydrogen) atoms. The molecule has 84 valence electrons. The maximum absolute atomic E-state index is 10.4. The third-order valence-corrected chi connectivity index (χ3v) is 1.80. The molecule has 1 unspecified atom stereocenters. The number of rotatable bonds is 3. The van der Waals surface area contributed by atoms with Gasteiger partial charge in [0.05, 0.1) is 6.07 Å². The molecule has 0 saturated heterocycles. The molecular formula is C8H7N3O5. The second-order valence-electron chi connectivity index (χ2n) is 3.03. The van der Waals surface area contributed by atoms with Gasteiger partial charge in [0.15, 0.2) is 5.76 Å². The Morgan fingerprint density at radius 1 is 1.56 bits per heavy atom. The maximum atomic E-state index is 10.4. The summed E-state index contributed by atoms with van der Waals surface area (Å²) in [6.45, 7) is 1.47. The Morgan fingerprint density at radius 2 is 2.31 bits per heavy atom. The van der Waals surface area contributed by atoms with Gasteiger partial charge in [-0.1, -0.05) is 5.16 Å². The number of aliphatic hydroxyl groups excluding tert-OH is 1. The minimum Gasteiger partial charge on any atom is -0.395 e. The predicted octanol–water partition coefficient (Wildman–Crippen LogP) is 1.29. The van der Waals surface area contributed by atoms with E-state index in [4.69, 9.17) is 14.0 Å². The molecule has 0 radical (unpaired) electrons. The first-order valence-electron chi connectivity index (χ1n) is 4.34. The number of aromatic nitrogens is 2. The van der Waals surface area contributed by atoms with Gasteiger partial charge in [-0.25, -0.2) is 0 Å². The van der Waals surface area contributed by atoms with Crippen LogP contribution in [0, 0.1) is 10.1 Å². The highest BCUT2D eigenvalue weighted by molar-refractivity contribution is 5.46. The fraction of sp³-hybridized carbons (Fsp3) is 0.250. The first kappa shape index (κ1) is 10.3. The first-order chi connectivity index (χ1) is 7.58. The van der Waals surface area contributed by atoms with Crippen LogP contribution in [-0.2, 0) is 0 Å². The molecule has 0 fully saturated rings. The highest BCUT2D eigenvalue weighted by atomic mass is 16.6. The van der Waals surface area contributed by atoms with Crippen LogP contribution in [0.3, 0.4) is 0 Å². The number of hydrogen-bond donors (Lipinski definition) is 1. The van der Waals surface area contributed by atoms with Crippen LogP contribution in [0.1, 0.15) is 18.9 Å². The molecule has 0 saturated carbocycles. The standard InChI is InChI=1S/C8H7N3O5/c1-4(12)7-9-8(16-10-7)5-2-3-6(15-5)11(13)14/h2-4,12H,1H3. The summed E-state index contributed by atoms with van der Waals surface area (Å²) in [4.78, 5) is 13.5. The first-order valence-corrected chi connectivity index (χ1v) is 4.34. The van der Waals surface area contributed by atoms with Crippen LogP contribution in [0.5, 0.6) is 0 Å². The zero-order valence-electron chi connectivity index (χ0n) is 8.15. The number of hydrogen-bond acceptors (Lipinski definition) is 7. The summed E-state index contributed by atoms with van der Waals surface area (Å²) < 4.78 is 9.61. The van der Waals surface area contributed by atoms with Crippen molar-refractivity contribution >= 4 is 5.88 Å². The van der Waals surface area contributed by atoms with Crippen molar-refractivity contribution in [2.75, 3.05) is 0 Å². The summed E-state index contributed by atoms with van der Waals surface area (Å²) in [5.74, 6) is -0.240. The third kappa shape index (κ3) is 1.77. The average Bonchev–Trinajstić information content (AvgIpc) is 2.86. The Balaban J connectivity index is 2.31. The lowest BCUT2D eigenvalue weighted by atomic mass is 10.4. The van der Waals surface area contributed by atoms with Crippen molar-refractivity contribution in [3.63, 3.8) is 0 Å². The average molecular weight is 225 g/mol. The second kappa shape index (κ2) is 3.74. The molecule has 2 aromatic rings. The van der Waals surface area contributed by atoms with E-state index >= 15 is 0 Å². The van der Waals surface area contributed by atoms with E-state index in [1.54, 1.807) is 0 Å². The zero-order chi connectivity index (χ0) is 11.7. The molecule has 0 amide bonds. The molecule has 8 nitrogen and oxygen atoms in total. The lowest BCUT2D eigenvalue weighted by Gasteiger charge is -1.91. The van der Waals surface area contributed by atoms with Gasteiger partial charge in [-0.2, -0.15) is 4.98 Å². The van der Waals surface area contributed by atoms with Crippen LogP contribution in [0.4, 0.5) is 5.88 Å². The van der Waals surface area contributed by atoms with E-state index in [1.165, 1.54) is 19.1 Å². The molecule has 2 rings (SSSR count). The van der Waals surface area contributed by atoms with Gasteiger partial charge in [-0.05, 0) is 13.0 Å². The molecule has 0 aliphatic carbocycles. The number of nitrogens with zero attached hydrogens (tertiary/aromatic N) is 3. The van der Waals surface area contributed by atoms with Crippen LogP contribution >= 0.6 is 0 Å². The van der Waals surface area contributed by atoms with Crippen molar-refractivity contribution in [3.8, 4) is 11.7 Å². The highest BCUT2D eigenvalue weighted by Crippen LogP contribution is 2.25. The summed E-state index contributed by atoms with van der Waals surface area (Å²) in [6, 6.07) is 2.53. The summed E-state index contributed by atoms with van der Waals surface area (Å²) >= 11 is 0. The fourth-order valence-electron chi connectivity index (χ4n) is 1.05. The van der Waals surface area contributed by atoms with Crippen LogP contribution in [0.15, 0.2) is 21.1 Å². The molecule has 1 N–H and O–H groups in total. The normalized spacial score (nSPS) is 12.6. The van der Waals surface area contributed by atoms with E-state index in [1.807, 2.05) is 0 Å². The minimum atomic E-state index is -0.873. The van der Waals surface area contributed by atoms with Gasteiger partial charge >= 0.3 is 5.88 Å². The van der Waals surface area contributed by atoms with Crippen LogP contribution in [-0.4, -0.2) is 20.2 Å². The SMILES string of the molecule is CC(O)c1noc(-c2ccc([N+](=O)[O-])o2)n1. The van der Waals surface area contributed by atoms with Gasteiger partial charge in [-0.3, -0.25) is 10.1 Å². The zero-order valence-corrected chi connectivity index (χ0v) is 8.15. The van der Waals surface area contributed by atoms with Gasteiger partial charge in [0.1, 0.15) is 11.0 Å². The van der Waals surface area contributed by atoms with E-state index in [-0.39, 0.29) is 17.5 Å². The van der Waals surface area contributed by atoms with Gasteiger partial charge in [-0.15, -0.1) is 0 Å². The summed E-state index contributed by atoms with van der Waals surface area (Å²) in [5.41, 5.74) is 0. The van der Waals surface area contributed by atoms with Crippen LogP contribution in [0.2, 0.25) is 0 Å². The monoisotopic (exact) mass is 225 g/mol. The Labute approximate surface area is 88.6 Å². The molecule has 1 atom stereocenters. The quantitative estimate of drug-likeness (QED) is 0.617. The van der Waals surface area contributed by atoms with Crippen molar-refractivity contribution in [1.82, 2.24) is 10.1 Å². The molecule has 2 heterocycles. The van der Waals surface area contributed by atoms with Gasteiger partial charge in [0, 0.05) is 0 Å². The Bertz CT molecular complexity index is 515. The molecule has 8 heteroatoms. The Hall–Kier alpha value is -2.22. The van der Waals surface area contributed by atoms with E-state index in [0.29, 0.717) is 0 Å². The fourth-order valence-corrected chi connectivity index (χ4v) is 1.05. The molecular weight excluding hydrogens is 218 g/mol. The minimum absolute atomic E-state index is 0.0102. The van der Waals surface area contributed by atoms with Crippen molar-refractivity contribution in [1.29, 1.82) is 0 Å². The lowest BCUT2D eigenvalue weighted by molar-refractivity contribution is -0.401. The number of furan rings is 1. The maximum Gasteiger partial charge on any atom is 0.433 e. The largest absolute Gasteiger partial charge is 0.433 e. The van der Waals surface area contributed by atoms with Gasteiger partial charge in [0.2, 0.25) is 5.82 Å². The van der Waals surface area contributed by atoms with E-state index in [0.717, 1.165) is 0 Å². The van der Waals surface area contributed by atoms with E-state index in [9.17, 15) is 10.1 Å². The van der Waals surface area contributed by atoms with Gasteiger partial charge < -0.3 is 14.0 Å². The Morgan fingerprint density at radius 3 is 2.81 bits per heavy atom. The van der Waals surface area contributed by atoms with Crippen molar-refractivity contribution in [2.24, 2.45) is 0 Å². The lowest BCUT2D eigenvalue weighted by Crippen LogP contribution is -1.92. The molecule has 0 aromatic carbocycles. The summed E-state index contributed by atoms with van der Waals surface area (Å²) in [7, 11) is 0. The number of nitro groups is 1. The smallest absolute Gasteiger partial charge is 0.395 e. The van der Waals surface area contributed by atoms with E-state index in [2.05, 4.69) is 10.1 Å². The van der Waals surface area contributed by atoms with Gasteiger partial charge in [0.25, 0.3) is 5.89 Å². The van der Waals surface area contributed by atoms with Crippen molar-refractivity contribution < 1.29 is 19.0 Å². The molecule has 0 spiro atoms. The topological polar surface area (TPSA) is 115 Å². The third-order valence-electron chi connectivity index (χ3n) is 1.80. The molecule has 0 aliphatic rings. The predicted molar refractivity (Wildman–Crippen MR) is 49.3 cm³/mol. The van der Waals surface area contributed by atoms with Crippen LogP contribution in [0.25, 0.3) is 11.7 Å². The summed E-state index contributed by atoms with van der Waals surface area (Å²) in [5, 5.41) is 23.0. The summed E-state index contributed by atoms with van der Waals surface area (Å²) in [6.07, 6.45) is -0.873.